The number of hydrogen-bond acceptors (Lipinski definition) is 5. The highest BCUT2D eigenvalue weighted by Crippen LogP contribution is 2.18. The maximum absolute atomic E-state index is 12.2. The van der Waals surface area contributed by atoms with Crippen LogP contribution in [0.3, 0.4) is 0 Å². The fourth-order valence-corrected chi connectivity index (χ4v) is 3.39. The van der Waals surface area contributed by atoms with Gasteiger partial charge >= 0.3 is 0 Å². The van der Waals surface area contributed by atoms with Crippen LogP contribution >= 0.6 is 11.6 Å². The van der Waals surface area contributed by atoms with Gasteiger partial charge in [-0.2, -0.15) is 5.10 Å². The number of halogens is 1. The highest BCUT2D eigenvalue weighted by atomic mass is 35.5. The fraction of sp³-hybridized carbons (Fsp3) is 0.333. The fourth-order valence-electron chi connectivity index (χ4n) is 3.20. The number of nitrogens with zero attached hydrogens (tertiary/aromatic N) is 3. The lowest BCUT2D eigenvalue weighted by Crippen LogP contribution is -2.48. The van der Waals surface area contributed by atoms with Gasteiger partial charge in [-0.05, 0) is 30.7 Å². The molecule has 0 aliphatic carbocycles. The summed E-state index contributed by atoms with van der Waals surface area (Å²) in [5, 5.41) is 14.7. The molecule has 3 rings (SSSR count). The van der Waals surface area contributed by atoms with Crippen molar-refractivity contribution in [2.75, 3.05) is 32.7 Å². The quantitative estimate of drug-likeness (QED) is 0.578. The summed E-state index contributed by atoms with van der Waals surface area (Å²) in [5.41, 5.74) is 4.88. The van der Waals surface area contributed by atoms with Crippen LogP contribution in [-0.4, -0.2) is 59.2 Å². The van der Waals surface area contributed by atoms with Gasteiger partial charge in [0.1, 0.15) is 5.75 Å². The van der Waals surface area contributed by atoms with E-state index in [-0.39, 0.29) is 11.7 Å². The molecule has 0 unspecified atom stereocenters. The largest absolute Gasteiger partial charge is 0.507 e. The van der Waals surface area contributed by atoms with Crippen molar-refractivity contribution in [2.24, 2.45) is 5.10 Å². The molecule has 2 aromatic rings. The molecule has 1 heterocycles. The summed E-state index contributed by atoms with van der Waals surface area (Å²) >= 11 is 6.24. The van der Waals surface area contributed by atoms with E-state index in [0.717, 1.165) is 43.3 Å². The molecule has 0 spiro atoms. The monoisotopic (exact) mass is 400 g/mol. The molecule has 0 bridgehead atoms. The van der Waals surface area contributed by atoms with Crippen molar-refractivity contribution in [3.63, 3.8) is 0 Å². The Labute approximate surface area is 170 Å². The van der Waals surface area contributed by atoms with Gasteiger partial charge in [-0.15, -0.1) is 0 Å². The zero-order valence-electron chi connectivity index (χ0n) is 15.9. The zero-order chi connectivity index (χ0) is 19.9. The minimum Gasteiger partial charge on any atom is -0.507 e. The first-order chi connectivity index (χ1) is 13.5. The van der Waals surface area contributed by atoms with Crippen LogP contribution in [0.25, 0.3) is 0 Å². The maximum atomic E-state index is 12.2. The Hall–Kier alpha value is -2.41. The maximum Gasteiger partial charge on any atom is 0.254 e. The molecule has 1 fully saturated rings. The molecule has 1 aliphatic rings. The van der Waals surface area contributed by atoms with E-state index < -0.39 is 0 Å². The number of piperazine rings is 1. The number of carbonyl (C=O) groups excluding carboxylic acids is 1. The van der Waals surface area contributed by atoms with Gasteiger partial charge in [0.25, 0.3) is 5.91 Å². The second-order valence-electron chi connectivity index (χ2n) is 6.89. The molecule has 1 aliphatic heterocycles. The molecule has 0 saturated carbocycles. The lowest BCUT2D eigenvalue weighted by molar-refractivity contribution is -0.122. The molecule has 2 aromatic carbocycles. The van der Waals surface area contributed by atoms with Gasteiger partial charge in [-0.1, -0.05) is 41.9 Å². The molecular weight excluding hydrogens is 376 g/mol. The topological polar surface area (TPSA) is 68.2 Å². The summed E-state index contributed by atoms with van der Waals surface area (Å²) < 4.78 is 0. The van der Waals surface area contributed by atoms with E-state index in [9.17, 15) is 9.90 Å². The van der Waals surface area contributed by atoms with Crippen LogP contribution in [0.15, 0.2) is 53.6 Å². The number of benzene rings is 2. The van der Waals surface area contributed by atoms with Gasteiger partial charge in [0.2, 0.25) is 0 Å². The van der Waals surface area contributed by atoms with Crippen molar-refractivity contribution < 1.29 is 9.90 Å². The highest BCUT2D eigenvalue weighted by Gasteiger charge is 2.19. The highest BCUT2D eigenvalue weighted by molar-refractivity contribution is 6.31. The minimum absolute atomic E-state index is 0.146. The van der Waals surface area contributed by atoms with Crippen LogP contribution < -0.4 is 5.43 Å². The van der Waals surface area contributed by atoms with Gasteiger partial charge in [-0.3, -0.25) is 14.6 Å². The normalized spacial score (nSPS) is 16.1. The van der Waals surface area contributed by atoms with Crippen molar-refractivity contribution in [1.29, 1.82) is 0 Å². The van der Waals surface area contributed by atoms with E-state index in [2.05, 4.69) is 20.3 Å². The predicted molar refractivity (Wildman–Crippen MR) is 112 cm³/mol. The van der Waals surface area contributed by atoms with Crippen LogP contribution in [0.1, 0.15) is 18.1 Å². The molecule has 28 heavy (non-hydrogen) atoms. The van der Waals surface area contributed by atoms with Gasteiger partial charge in [0, 0.05) is 43.3 Å². The number of para-hydroxylation sites is 1. The van der Waals surface area contributed by atoms with Gasteiger partial charge in [0.15, 0.2) is 0 Å². The first-order valence-electron chi connectivity index (χ1n) is 9.32. The van der Waals surface area contributed by atoms with E-state index in [1.54, 1.807) is 25.1 Å². The van der Waals surface area contributed by atoms with E-state index in [1.165, 1.54) is 0 Å². The van der Waals surface area contributed by atoms with E-state index in [4.69, 9.17) is 11.6 Å². The smallest absolute Gasteiger partial charge is 0.254 e. The summed E-state index contributed by atoms with van der Waals surface area (Å²) in [6, 6.07) is 14.8. The van der Waals surface area contributed by atoms with Crippen LogP contribution in [0, 0.1) is 0 Å². The Bertz CT molecular complexity index is 848. The van der Waals surface area contributed by atoms with Gasteiger partial charge < -0.3 is 5.11 Å². The number of hydrazone groups is 1. The third-order valence-corrected chi connectivity index (χ3v) is 5.19. The Kier molecular flexibility index (Phi) is 7.03. The van der Waals surface area contributed by atoms with E-state index >= 15 is 0 Å². The molecule has 2 N–H and O–H groups in total. The average Bonchev–Trinajstić information content (AvgIpc) is 2.70. The summed E-state index contributed by atoms with van der Waals surface area (Å²) in [5.74, 6) is -0.0121. The van der Waals surface area contributed by atoms with E-state index in [0.29, 0.717) is 17.8 Å². The second kappa shape index (κ2) is 9.68. The molecule has 0 radical (unpaired) electrons. The average molecular weight is 401 g/mol. The lowest BCUT2D eigenvalue weighted by Gasteiger charge is -2.34. The number of amides is 1. The summed E-state index contributed by atoms with van der Waals surface area (Å²) in [6.45, 7) is 6.29. The van der Waals surface area contributed by atoms with Crippen molar-refractivity contribution >= 4 is 23.2 Å². The van der Waals surface area contributed by atoms with E-state index in [1.807, 2.05) is 30.3 Å². The minimum atomic E-state index is -0.158. The number of rotatable bonds is 6. The third-order valence-electron chi connectivity index (χ3n) is 4.83. The zero-order valence-corrected chi connectivity index (χ0v) is 16.7. The summed E-state index contributed by atoms with van der Waals surface area (Å²) in [7, 11) is 0. The summed E-state index contributed by atoms with van der Waals surface area (Å²) in [6.07, 6.45) is 0. The number of phenolic OH excluding ortho intramolecular Hbond substituents is 1. The first-order valence-corrected chi connectivity index (χ1v) is 9.70. The standard InChI is InChI=1S/C21H25ClN4O2/c1-16(18-7-3-5-9-20(18)27)23-24-21(28)15-26-12-10-25(11-13-26)14-17-6-2-4-8-19(17)22/h2-9,27H,10-15H2,1H3,(H,24,28). The molecule has 6 nitrogen and oxygen atoms in total. The Morgan fingerprint density at radius 1 is 1.07 bits per heavy atom. The second-order valence-corrected chi connectivity index (χ2v) is 7.30. The molecule has 1 amide bonds. The van der Waals surface area contributed by atoms with Crippen LogP contribution in [-0.2, 0) is 11.3 Å². The van der Waals surface area contributed by atoms with Crippen molar-refractivity contribution in [1.82, 2.24) is 15.2 Å². The SMILES string of the molecule is CC(=NNC(=O)CN1CCN(Cc2ccccc2Cl)CC1)c1ccccc1O. The molecule has 1 saturated heterocycles. The number of nitrogens with one attached hydrogen (secondary N) is 1. The number of phenols is 1. The number of carbonyl (C=O) groups is 1. The Morgan fingerprint density at radius 2 is 1.71 bits per heavy atom. The van der Waals surface area contributed by atoms with Crippen molar-refractivity contribution in [3.8, 4) is 5.75 Å². The molecule has 0 aromatic heterocycles. The molecular formula is C21H25ClN4O2. The lowest BCUT2D eigenvalue weighted by atomic mass is 10.1. The molecule has 148 valence electrons. The predicted octanol–water partition coefficient (Wildman–Crippen LogP) is 2.70. The molecule has 0 atom stereocenters. The van der Waals surface area contributed by atoms with Crippen LogP contribution in [0.4, 0.5) is 0 Å². The van der Waals surface area contributed by atoms with Crippen LogP contribution in [0.5, 0.6) is 5.75 Å². The molecule has 7 heteroatoms. The Balaban J connectivity index is 1.44. The number of aromatic hydroxyl groups is 1. The van der Waals surface area contributed by atoms with Gasteiger partial charge in [0.05, 0.1) is 12.3 Å². The van der Waals surface area contributed by atoms with Crippen molar-refractivity contribution in [3.05, 3.63) is 64.7 Å². The van der Waals surface area contributed by atoms with Gasteiger partial charge in [-0.25, -0.2) is 5.43 Å². The van der Waals surface area contributed by atoms with Crippen LogP contribution in [0.2, 0.25) is 5.02 Å². The first kappa shape index (κ1) is 20.3. The van der Waals surface area contributed by atoms with Crippen molar-refractivity contribution in [2.45, 2.75) is 13.5 Å². The Morgan fingerprint density at radius 3 is 2.43 bits per heavy atom. The number of hydrogen-bond donors (Lipinski definition) is 2. The summed E-state index contributed by atoms with van der Waals surface area (Å²) in [4.78, 5) is 16.7. The third kappa shape index (κ3) is 5.55.